The minimum absolute atomic E-state index is 0.121. The molecule has 1 aromatic carbocycles. The maximum Gasteiger partial charge on any atom is 0.192 e. The van der Waals surface area contributed by atoms with Gasteiger partial charge in [0.2, 0.25) is 0 Å². The summed E-state index contributed by atoms with van der Waals surface area (Å²) < 4.78 is 1.25. The number of aliphatic imine (C=N–C) groups is 1. The van der Waals surface area contributed by atoms with Gasteiger partial charge in [-0.15, -0.1) is 0 Å². The molecule has 0 radical (unpaired) electrons. The Morgan fingerprint density at radius 3 is 2.58 bits per heavy atom. The highest BCUT2D eigenvalue weighted by Crippen LogP contribution is 2.32. The second-order valence-corrected chi connectivity index (χ2v) is 6.66. The third kappa shape index (κ3) is 3.02. The summed E-state index contributed by atoms with van der Waals surface area (Å²) in [5.41, 5.74) is 7.22. The van der Waals surface area contributed by atoms with E-state index in [1.807, 2.05) is 0 Å². The van der Waals surface area contributed by atoms with Crippen molar-refractivity contribution in [2.24, 2.45) is 10.7 Å². The van der Waals surface area contributed by atoms with Crippen molar-refractivity contribution in [2.75, 3.05) is 33.7 Å². The highest BCUT2D eigenvalue weighted by Gasteiger charge is 2.39. The predicted molar refractivity (Wildman–Crippen MR) is 88.3 cm³/mol. The summed E-state index contributed by atoms with van der Waals surface area (Å²) in [7, 11) is 4.15. The van der Waals surface area contributed by atoms with Crippen LogP contribution in [0.3, 0.4) is 0 Å². The van der Waals surface area contributed by atoms with E-state index >= 15 is 0 Å². The van der Waals surface area contributed by atoms with Crippen LogP contribution in [0.15, 0.2) is 29.3 Å². The Labute approximate surface area is 128 Å². The van der Waals surface area contributed by atoms with Gasteiger partial charge < -0.3 is 15.5 Å². The molecule has 5 heteroatoms. The van der Waals surface area contributed by atoms with E-state index in [0.29, 0.717) is 5.96 Å². The van der Waals surface area contributed by atoms with E-state index in [-0.39, 0.29) is 5.54 Å². The van der Waals surface area contributed by atoms with Crippen LogP contribution in [0, 0.1) is 3.57 Å². The fraction of sp³-hybridized carbons (Fsp3) is 0.500. The molecule has 19 heavy (non-hydrogen) atoms. The average molecular weight is 372 g/mol. The molecule has 1 aliphatic heterocycles. The molecule has 1 atom stereocenters. The topological polar surface area (TPSA) is 44.9 Å². The zero-order valence-corrected chi connectivity index (χ0v) is 13.9. The van der Waals surface area contributed by atoms with Gasteiger partial charge in [-0.1, -0.05) is 12.1 Å². The minimum atomic E-state index is -0.121. The first-order valence-electron chi connectivity index (χ1n) is 6.42. The number of halogens is 1. The van der Waals surface area contributed by atoms with Gasteiger partial charge in [0.25, 0.3) is 0 Å². The largest absolute Gasteiger partial charge is 0.370 e. The molecule has 0 saturated carbocycles. The van der Waals surface area contributed by atoms with E-state index in [4.69, 9.17) is 5.73 Å². The molecule has 1 heterocycles. The third-order valence-corrected chi connectivity index (χ3v) is 4.38. The Morgan fingerprint density at radius 1 is 1.37 bits per heavy atom. The van der Waals surface area contributed by atoms with Crippen LogP contribution in [-0.2, 0) is 5.54 Å². The molecule has 2 N–H and O–H groups in total. The Morgan fingerprint density at radius 2 is 2.00 bits per heavy atom. The molecular formula is C14H21IN4. The highest BCUT2D eigenvalue weighted by molar-refractivity contribution is 14.1. The lowest BCUT2D eigenvalue weighted by Crippen LogP contribution is -2.49. The maximum absolute atomic E-state index is 6.06. The van der Waals surface area contributed by atoms with Crippen LogP contribution in [0.5, 0.6) is 0 Å². The molecule has 0 aromatic heterocycles. The molecule has 0 spiro atoms. The molecule has 1 aromatic rings. The van der Waals surface area contributed by atoms with Gasteiger partial charge in [0.05, 0.1) is 12.1 Å². The molecule has 1 aliphatic rings. The molecular weight excluding hydrogens is 351 g/mol. The van der Waals surface area contributed by atoms with Crippen molar-refractivity contribution in [2.45, 2.75) is 12.5 Å². The fourth-order valence-electron chi connectivity index (χ4n) is 2.38. The first kappa shape index (κ1) is 14.6. The summed E-state index contributed by atoms with van der Waals surface area (Å²) in [6.07, 6.45) is 0. The molecule has 1 unspecified atom stereocenters. The molecule has 0 amide bonds. The van der Waals surface area contributed by atoms with Crippen LogP contribution in [0.4, 0.5) is 0 Å². The van der Waals surface area contributed by atoms with Crippen LogP contribution in [0.25, 0.3) is 0 Å². The normalized spacial score (nSPS) is 23.0. The van der Waals surface area contributed by atoms with Crippen LogP contribution in [-0.4, -0.2) is 49.5 Å². The van der Waals surface area contributed by atoms with Gasteiger partial charge in [-0.05, 0) is 61.3 Å². The van der Waals surface area contributed by atoms with Gasteiger partial charge in [0.15, 0.2) is 5.96 Å². The zero-order valence-electron chi connectivity index (χ0n) is 11.7. The van der Waals surface area contributed by atoms with E-state index in [0.717, 1.165) is 19.6 Å². The second-order valence-electron chi connectivity index (χ2n) is 5.41. The number of guanidine groups is 1. The van der Waals surface area contributed by atoms with Crippen molar-refractivity contribution in [3.63, 3.8) is 0 Å². The summed E-state index contributed by atoms with van der Waals surface area (Å²) in [5.74, 6) is 0.655. The lowest BCUT2D eigenvalue weighted by Gasteiger charge is -2.37. The number of rotatable bonds is 4. The number of hydrogen-bond donors (Lipinski definition) is 1. The SMILES string of the molecule is CN(C)CCN1C(N)=NCC1(C)c1ccc(I)cc1. The van der Waals surface area contributed by atoms with Gasteiger partial charge in [0, 0.05) is 16.7 Å². The van der Waals surface area contributed by atoms with Crippen molar-refractivity contribution < 1.29 is 0 Å². The molecule has 4 nitrogen and oxygen atoms in total. The van der Waals surface area contributed by atoms with E-state index in [1.54, 1.807) is 0 Å². The van der Waals surface area contributed by atoms with Crippen molar-refractivity contribution in [1.82, 2.24) is 9.80 Å². The van der Waals surface area contributed by atoms with Crippen LogP contribution < -0.4 is 5.73 Å². The second kappa shape index (κ2) is 5.66. The Kier molecular flexibility index (Phi) is 4.35. The molecule has 0 saturated heterocycles. The average Bonchev–Trinajstić information content (AvgIpc) is 2.65. The van der Waals surface area contributed by atoms with E-state index < -0.39 is 0 Å². The van der Waals surface area contributed by atoms with Gasteiger partial charge in [0.1, 0.15) is 0 Å². The summed E-state index contributed by atoms with van der Waals surface area (Å²) in [5, 5.41) is 0. The lowest BCUT2D eigenvalue weighted by molar-refractivity contribution is 0.205. The Hall–Kier alpha value is -0.820. The molecule has 2 rings (SSSR count). The van der Waals surface area contributed by atoms with E-state index in [2.05, 4.69) is 82.7 Å². The van der Waals surface area contributed by atoms with Crippen LogP contribution >= 0.6 is 22.6 Å². The monoisotopic (exact) mass is 372 g/mol. The highest BCUT2D eigenvalue weighted by atomic mass is 127. The Bertz CT molecular complexity index is 469. The fourth-order valence-corrected chi connectivity index (χ4v) is 2.74. The van der Waals surface area contributed by atoms with Gasteiger partial charge in [-0.3, -0.25) is 4.99 Å². The summed E-state index contributed by atoms with van der Waals surface area (Å²) in [4.78, 5) is 8.83. The summed E-state index contributed by atoms with van der Waals surface area (Å²) >= 11 is 2.33. The van der Waals surface area contributed by atoms with E-state index in [9.17, 15) is 0 Å². The standard InChI is InChI=1S/C14H21IN4/c1-14(11-4-6-12(15)7-5-11)10-17-13(16)19(14)9-8-18(2)3/h4-7H,8-10H2,1-3H3,(H2,16,17). The molecule has 0 fully saturated rings. The van der Waals surface area contributed by atoms with Gasteiger partial charge in [-0.2, -0.15) is 0 Å². The van der Waals surface area contributed by atoms with Gasteiger partial charge >= 0.3 is 0 Å². The van der Waals surface area contributed by atoms with E-state index in [1.165, 1.54) is 9.13 Å². The minimum Gasteiger partial charge on any atom is -0.370 e. The van der Waals surface area contributed by atoms with Crippen molar-refractivity contribution >= 4 is 28.6 Å². The number of likely N-dealkylation sites (N-methyl/N-ethyl adjacent to an activating group) is 1. The predicted octanol–water partition coefficient (Wildman–Crippen LogP) is 1.70. The number of benzene rings is 1. The maximum atomic E-state index is 6.06. The lowest BCUT2D eigenvalue weighted by atomic mass is 9.91. The Balaban J connectivity index is 2.23. The van der Waals surface area contributed by atoms with Crippen molar-refractivity contribution in [3.8, 4) is 0 Å². The number of hydrogen-bond acceptors (Lipinski definition) is 4. The summed E-state index contributed by atoms with van der Waals surface area (Å²) in [6.45, 7) is 4.81. The third-order valence-electron chi connectivity index (χ3n) is 3.66. The molecule has 0 bridgehead atoms. The first-order valence-corrected chi connectivity index (χ1v) is 7.50. The summed E-state index contributed by atoms with van der Waals surface area (Å²) in [6, 6.07) is 8.64. The molecule has 0 aliphatic carbocycles. The van der Waals surface area contributed by atoms with Crippen molar-refractivity contribution in [1.29, 1.82) is 0 Å². The number of nitrogens with zero attached hydrogens (tertiary/aromatic N) is 3. The van der Waals surface area contributed by atoms with Crippen LogP contribution in [0.2, 0.25) is 0 Å². The molecule has 104 valence electrons. The van der Waals surface area contributed by atoms with Crippen LogP contribution in [0.1, 0.15) is 12.5 Å². The quantitative estimate of drug-likeness (QED) is 0.819. The van der Waals surface area contributed by atoms with Crippen molar-refractivity contribution in [3.05, 3.63) is 33.4 Å². The first-order chi connectivity index (χ1) is 8.93. The number of nitrogens with two attached hydrogens (primary N) is 1. The zero-order chi connectivity index (χ0) is 14.0. The smallest absolute Gasteiger partial charge is 0.192 e. The van der Waals surface area contributed by atoms with Gasteiger partial charge in [-0.25, -0.2) is 0 Å².